The van der Waals surface area contributed by atoms with Crippen molar-refractivity contribution < 1.29 is 9.90 Å². The molecule has 0 spiro atoms. The Bertz CT molecular complexity index is 269. The van der Waals surface area contributed by atoms with Crippen LogP contribution in [0.15, 0.2) is 0 Å². The van der Waals surface area contributed by atoms with E-state index in [2.05, 4.69) is 0 Å². The predicted octanol–water partition coefficient (Wildman–Crippen LogP) is 0.626. The Hall–Kier alpha value is -0.570. The van der Waals surface area contributed by atoms with Crippen molar-refractivity contribution in [2.45, 2.75) is 31.8 Å². The Morgan fingerprint density at radius 2 is 1.86 bits per heavy atom. The average molecular weight is 195 g/mol. The number of nitrogens with zero attached hydrogens (tertiary/aromatic N) is 1. The number of amides is 1. The second-order valence-electron chi connectivity index (χ2n) is 5.62. The first-order valence-electron chi connectivity index (χ1n) is 5.56. The fourth-order valence-corrected chi connectivity index (χ4v) is 3.11. The lowest BCUT2D eigenvalue weighted by molar-refractivity contribution is -0.156. The van der Waals surface area contributed by atoms with Gasteiger partial charge >= 0.3 is 0 Å². The van der Waals surface area contributed by atoms with Crippen LogP contribution >= 0.6 is 0 Å². The summed E-state index contributed by atoms with van der Waals surface area (Å²) in [6.07, 6.45) is 3.59. The summed E-state index contributed by atoms with van der Waals surface area (Å²) in [7, 11) is 0. The van der Waals surface area contributed by atoms with E-state index < -0.39 is 5.60 Å². The van der Waals surface area contributed by atoms with Crippen molar-refractivity contribution in [3.8, 4) is 0 Å². The number of rotatable bonds is 1. The molecule has 0 radical (unpaired) electrons. The molecule has 78 valence electrons. The lowest BCUT2D eigenvalue weighted by atomic mass is 9.93. The second kappa shape index (κ2) is 2.51. The zero-order chi connectivity index (χ0) is 9.92. The lowest BCUT2D eigenvalue weighted by Crippen LogP contribution is -2.62. The summed E-state index contributed by atoms with van der Waals surface area (Å²) in [4.78, 5) is 13.7. The SMILES string of the molecule is CC1(O)CN(C(=O)C2CC3CC3C2)C1. The molecule has 0 bridgehead atoms. The molecule has 1 amide bonds. The second-order valence-corrected chi connectivity index (χ2v) is 5.62. The van der Waals surface area contributed by atoms with E-state index in [4.69, 9.17) is 0 Å². The number of fused-ring (bicyclic) bond motifs is 1. The van der Waals surface area contributed by atoms with Crippen LogP contribution in [0.25, 0.3) is 0 Å². The highest BCUT2D eigenvalue weighted by Gasteiger charge is 2.50. The molecule has 1 N–H and O–H groups in total. The number of aliphatic hydroxyl groups is 1. The number of hydrogen-bond donors (Lipinski definition) is 1. The van der Waals surface area contributed by atoms with Crippen LogP contribution in [0, 0.1) is 17.8 Å². The molecule has 14 heavy (non-hydrogen) atoms. The largest absolute Gasteiger partial charge is 0.386 e. The smallest absolute Gasteiger partial charge is 0.225 e. The summed E-state index contributed by atoms with van der Waals surface area (Å²) in [5.74, 6) is 2.31. The highest BCUT2D eigenvalue weighted by Crippen LogP contribution is 2.54. The van der Waals surface area contributed by atoms with Gasteiger partial charge in [0.05, 0.1) is 18.7 Å². The van der Waals surface area contributed by atoms with Crippen LogP contribution < -0.4 is 0 Å². The van der Waals surface area contributed by atoms with Gasteiger partial charge in [0.1, 0.15) is 0 Å². The van der Waals surface area contributed by atoms with E-state index in [-0.39, 0.29) is 5.92 Å². The van der Waals surface area contributed by atoms with Crippen LogP contribution in [0.3, 0.4) is 0 Å². The van der Waals surface area contributed by atoms with E-state index in [1.165, 1.54) is 6.42 Å². The molecule has 0 aromatic heterocycles. The van der Waals surface area contributed by atoms with Crippen molar-refractivity contribution >= 4 is 5.91 Å². The van der Waals surface area contributed by atoms with Crippen LogP contribution in [-0.4, -0.2) is 34.6 Å². The molecule has 2 aliphatic carbocycles. The minimum Gasteiger partial charge on any atom is -0.386 e. The summed E-state index contributed by atoms with van der Waals surface area (Å²) in [5.41, 5.74) is -0.614. The third-order valence-corrected chi connectivity index (χ3v) is 3.97. The fraction of sp³-hybridized carbons (Fsp3) is 0.909. The summed E-state index contributed by atoms with van der Waals surface area (Å²) in [6, 6.07) is 0. The summed E-state index contributed by atoms with van der Waals surface area (Å²) in [5, 5.41) is 9.54. The fourth-order valence-electron chi connectivity index (χ4n) is 3.11. The molecular weight excluding hydrogens is 178 g/mol. The molecule has 3 nitrogen and oxygen atoms in total. The molecule has 2 saturated carbocycles. The van der Waals surface area contributed by atoms with Gasteiger partial charge in [0.15, 0.2) is 0 Å². The minimum atomic E-state index is -0.614. The van der Waals surface area contributed by atoms with E-state index in [1.807, 2.05) is 4.90 Å². The number of carbonyl (C=O) groups excluding carboxylic acids is 1. The van der Waals surface area contributed by atoms with Gasteiger partial charge in [0.25, 0.3) is 0 Å². The first kappa shape index (κ1) is 8.72. The third-order valence-electron chi connectivity index (χ3n) is 3.97. The molecule has 2 unspecified atom stereocenters. The van der Waals surface area contributed by atoms with Crippen molar-refractivity contribution in [2.24, 2.45) is 17.8 Å². The van der Waals surface area contributed by atoms with E-state index in [0.29, 0.717) is 19.0 Å². The van der Waals surface area contributed by atoms with Gasteiger partial charge in [0.2, 0.25) is 5.91 Å². The molecule has 0 aromatic carbocycles. The van der Waals surface area contributed by atoms with Crippen molar-refractivity contribution in [2.75, 3.05) is 13.1 Å². The quantitative estimate of drug-likeness (QED) is 0.666. The first-order valence-corrected chi connectivity index (χ1v) is 5.56. The van der Waals surface area contributed by atoms with E-state index in [1.54, 1.807) is 6.92 Å². The maximum atomic E-state index is 11.9. The van der Waals surface area contributed by atoms with Gasteiger partial charge in [-0.1, -0.05) is 0 Å². The van der Waals surface area contributed by atoms with Crippen LogP contribution in [-0.2, 0) is 4.79 Å². The van der Waals surface area contributed by atoms with Crippen molar-refractivity contribution in [1.82, 2.24) is 4.90 Å². The molecule has 3 aliphatic rings. The van der Waals surface area contributed by atoms with Crippen molar-refractivity contribution in [3.63, 3.8) is 0 Å². The monoisotopic (exact) mass is 195 g/mol. The van der Waals surface area contributed by atoms with Crippen molar-refractivity contribution in [3.05, 3.63) is 0 Å². The Kier molecular flexibility index (Phi) is 1.56. The number of β-amino-alcohol motifs (C(OH)–C–C–N with tert-alkyl or cyclic N) is 1. The van der Waals surface area contributed by atoms with Gasteiger partial charge in [-0.05, 0) is 38.0 Å². The molecule has 3 fully saturated rings. The summed E-state index contributed by atoms with van der Waals surface area (Å²) >= 11 is 0. The van der Waals surface area contributed by atoms with Crippen molar-refractivity contribution in [1.29, 1.82) is 0 Å². The highest BCUT2D eigenvalue weighted by molar-refractivity contribution is 5.80. The Balaban J connectivity index is 1.56. The molecule has 3 heteroatoms. The van der Waals surface area contributed by atoms with E-state index >= 15 is 0 Å². The summed E-state index contributed by atoms with van der Waals surface area (Å²) < 4.78 is 0. The number of likely N-dealkylation sites (tertiary alicyclic amines) is 1. The standard InChI is InChI=1S/C11H17NO2/c1-11(14)5-12(6-11)10(13)9-3-7-2-8(7)4-9/h7-9,14H,2-6H2,1H3. The van der Waals surface area contributed by atoms with Gasteiger partial charge in [-0.15, -0.1) is 0 Å². The van der Waals surface area contributed by atoms with Crippen LogP contribution in [0.2, 0.25) is 0 Å². The molecule has 1 aliphatic heterocycles. The highest BCUT2D eigenvalue weighted by atomic mass is 16.3. The first-order chi connectivity index (χ1) is 6.55. The Morgan fingerprint density at radius 1 is 1.29 bits per heavy atom. The third kappa shape index (κ3) is 1.26. The predicted molar refractivity (Wildman–Crippen MR) is 51.5 cm³/mol. The van der Waals surface area contributed by atoms with Crippen LogP contribution in [0.4, 0.5) is 0 Å². The lowest BCUT2D eigenvalue weighted by Gasteiger charge is -2.45. The Labute approximate surface area is 84.1 Å². The zero-order valence-corrected chi connectivity index (χ0v) is 8.57. The summed E-state index contributed by atoms with van der Waals surface area (Å²) in [6.45, 7) is 2.87. The van der Waals surface area contributed by atoms with Crippen LogP contribution in [0.5, 0.6) is 0 Å². The van der Waals surface area contributed by atoms with E-state index in [9.17, 15) is 9.90 Å². The van der Waals surface area contributed by atoms with Gasteiger partial charge < -0.3 is 10.0 Å². The van der Waals surface area contributed by atoms with Gasteiger partial charge in [0, 0.05) is 5.92 Å². The van der Waals surface area contributed by atoms with Gasteiger partial charge in [-0.25, -0.2) is 0 Å². The topological polar surface area (TPSA) is 40.5 Å². The molecule has 3 rings (SSSR count). The number of hydrogen-bond acceptors (Lipinski definition) is 2. The maximum Gasteiger partial charge on any atom is 0.225 e. The van der Waals surface area contributed by atoms with Gasteiger partial charge in [-0.2, -0.15) is 0 Å². The number of carbonyl (C=O) groups is 1. The normalized spacial score (nSPS) is 43.0. The molecule has 1 heterocycles. The molecule has 2 atom stereocenters. The zero-order valence-electron chi connectivity index (χ0n) is 8.57. The molecule has 0 aromatic rings. The van der Waals surface area contributed by atoms with Gasteiger partial charge in [-0.3, -0.25) is 4.79 Å². The minimum absolute atomic E-state index is 0.287. The van der Waals surface area contributed by atoms with Crippen LogP contribution in [0.1, 0.15) is 26.2 Å². The molecule has 1 saturated heterocycles. The average Bonchev–Trinajstić information content (AvgIpc) is 2.68. The molecular formula is C11H17NO2. The maximum absolute atomic E-state index is 11.9. The van der Waals surface area contributed by atoms with E-state index in [0.717, 1.165) is 24.7 Å². The Morgan fingerprint density at radius 3 is 2.36 bits per heavy atom.